The van der Waals surface area contributed by atoms with Crippen molar-refractivity contribution in [3.05, 3.63) is 23.8 Å². The number of hydrogen-bond donors (Lipinski definition) is 1. The number of nitrogens with two attached hydrogens (primary N) is 1. The molecular weight excluding hydrogens is 218 g/mol. The van der Waals surface area contributed by atoms with E-state index in [0.29, 0.717) is 18.0 Å². The zero-order valence-electron chi connectivity index (χ0n) is 9.95. The third-order valence-corrected chi connectivity index (χ3v) is 2.00. The highest BCUT2D eigenvalue weighted by Crippen LogP contribution is 2.21. The van der Waals surface area contributed by atoms with Crippen molar-refractivity contribution in [1.29, 1.82) is 0 Å². The summed E-state index contributed by atoms with van der Waals surface area (Å²) in [6.07, 6.45) is 0.0831. The number of carbonyl (C=O) groups excluding carboxylic acids is 1. The van der Waals surface area contributed by atoms with Crippen LogP contribution in [0.1, 0.15) is 18.9 Å². The molecule has 0 aliphatic heterocycles. The van der Waals surface area contributed by atoms with Gasteiger partial charge in [-0.2, -0.15) is 0 Å². The summed E-state index contributed by atoms with van der Waals surface area (Å²) in [5, 5.41) is 0. The minimum Gasteiger partial charge on any atom is -0.495 e. The van der Waals surface area contributed by atoms with Crippen molar-refractivity contribution in [2.75, 3.05) is 19.5 Å². The van der Waals surface area contributed by atoms with Gasteiger partial charge >= 0.3 is 5.97 Å². The van der Waals surface area contributed by atoms with Gasteiger partial charge < -0.3 is 15.2 Å². The van der Waals surface area contributed by atoms with Crippen LogP contribution in [0.4, 0.5) is 5.69 Å². The quantitative estimate of drug-likeness (QED) is 0.489. The standard InChI is InChI=1S/C13H15NO3/c1-3-17-13(15)6-4-5-10-7-8-12(16-2)11(14)9-10/h7-9H,3,6,14H2,1-2H3. The van der Waals surface area contributed by atoms with Crippen LogP contribution in [-0.2, 0) is 9.53 Å². The fourth-order valence-corrected chi connectivity index (χ4v) is 1.24. The minimum absolute atomic E-state index is 0.0831. The van der Waals surface area contributed by atoms with E-state index in [9.17, 15) is 4.79 Å². The molecular formula is C13H15NO3. The molecule has 0 saturated heterocycles. The molecule has 0 atom stereocenters. The monoisotopic (exact) mass is 233 g/mol. The van der Waals surface area contributed by atoms with Crippen LogP contribution in [0.5, 0.6) is 5.75 Å². The maximum absolute atomic E-state index is 11.0. The average molecular weight is 233 g/mol. The lowest BCUT2D eigenvalue weighted by Crippen LogP contribution is -2.01. The Hall–Kier alpha value is -2.15. The summed E-state index contributed by atoms with van der Waals surface area (Å²) < 4.78 is 9.78. The summed E-state index contributed by atoms with van der Waals surface area (Å²) in [6, 6.07) is 5.23. The number of ether oxygens (including phenoxy) is 2. The van der Waals surface area contributed by atoms with Gasteiger partial charge in [0.15, 0.2) is 0 Å². The van der Waals surface area contributed by atoms with Gasteiger partial charge in [0, 0.05) is 5.56 Å². The molecule has 0 aliphatic carbocycles. The van der Waals surface area contributed by atoms with Crippen LogP contribution in [0.25, 0.3) is 0 Å². The summed E-state index contributed by atoms with van der Waals surface area (Å²) in [6.45, 7) is 2.13. The third-order valence-electron chi connectivity index (χ3n) is 2.00. The number of nitrogen functional groups attached to an aromatic ring is 1. The number of rotatable bonds is 3. The maximum atomic E-state index is 11.0. The Morgan fingerprint density at radius 2 is 2.24 bits per heavy atom. The highest BCUT2D eigenvalue weighted by Gasteiger charge is 1.99. The summed E-state index contributed by atoms with van der Waals surface area (Å²) >= 11 is 0. The molecule has 0 amide bonds. The van der Waals surface area contributed by atoms with Crippen molar-refractivity contribution in [1.82, 2.24) is 0 Å². The molecule has 0 unspecified atom stereocenters. The predicted octanol–water partition coefficient (Wildman–Crippen LogP) is 1.58. The van der Waals surface area contributed by atoms with Gasteiger partial charge in [0.05, 0.1) is 19.4 Å². The smallest absolute Gasteiger partial charge is 0.317 e. The maximum Gasteiger partial charge on any atom is 0.317 e. The van der Waals surface area contributed by atoms with Crippen LogP contribution < -0.4 is 10.5 Å². The number of anilines is 1. The lowest BCUT2D eigenvalue weighted by Gasteiger charge is -2.03. The lowest BCUT2D eigenvalue weighted by molar-refractivity contribution is -0.141. The van der Waals surface area contributed by atoms with Gasteiger partial charge in [-0.15, -0.1) is 0 Å². The number of benzene rings is 1. The van der Waals surface area contributed by atoms with E-state index in [4.69, 9.17) is 15.2 Å². The van der Waals surface area contributed by atoms with Crippen molar-refractivity contribution in [3.63, 3.8) is 0 Å². The number of carbonyl (C=O) groups is 1. The van der Waals surface area contributed by atoms with E-state index in [-0.39, 0.29) is 12.4 Å². The highest BCUT2D eigenvalue weighted by molar-refractivity contribution is 5.72. The van der Waals surface area contributed by atoms with Crippen molar-refractivity contribution < 1.29 is 14.3 Å². The summed E-state index contributed by atoms with van der Waals surface area (Å²) in [5.74, 6) is 5.86. The SMILES string of the molecule is CCOC(=O)CC#Cc1ccc(OC)c(N)c1. The highest BCUT2D eigenvalue weighted by atomic mass is 16.5. The number of esters is 1. The van der Waals surface area contributed by atoms with Crippen LogP contribution in [0.3, 0.4) is 0 Å². The van der Waals surface area contributed by atoms with Crippen LogP contribution in [-0.4, -0.2) is 19.7 Å². The molecule has 0 radical (unpaired) electrons. The van der Waals surface area contributed by atoms with Gasteiger partial charge in [0.1, 0.15) is 12.2 Å². The molecule has 0 saturated carbocycles. The fraction of sp³-hybridized carbons (Fsp3) is 0.308. The summed E-state index contributed by atoms with van der Waals surface area (Å²) in [5.41, 5.74) is 6.99. The third kappa shape index (κ3) is 4.07. The first-order valence-electron chi connectivity index (χ1n) is 5.25. The Kier molecular flexibility index (Phi) is 4.89. The van der Waals surface area contributed by atoms with E-state index in [2.05, 4.69) is 11.8 Å². The van der Waals surface area contributed by atoms with E-state index in [0.717, 1.165) is 5.56 Å². The second-order valence-corrected chi connectivity index (χ2v) is 3.24. The average Bonchev–Trinajstić information content (AvgIpc) is 2.29. The molecule has 1 aromatic carbocycles. The van der Waals surface area contributed by atoms with Crippen LogP contribution >= 0.6 is 0 Å². The van der Waals surface area contributed by atoms with Gasteiger partial charge in [-0.25, -0.2) is 0 Å². The Morgan fingerprint density at radius 1 is 1.47 bits per heavy atom. The second-order valence-electron chi connectivity index (χ2n) is 3.24. The zero-order valence-corrected chi connectivity index (χ0v) is 9.95. The van der Waals surface area contributed by atoms with Crippen molar-refractivity contribution in [2.45, 2.75) is 13.3 Å². The first-order chi connectivity index (χ1) is 8.17. The molecule has 1 rings (SSSR count). The molecule has 0 heterocycles. The van der Waals surface area contributed by atoms with Crippen molar-refractivity contribution in [2.24, 2.45) is 0 Å². The molecule has 0 aromatic heterocycles. The number of hydrogen-bond acceptors (Lipinski definition) is 4. The van der Waals surface area contributed by atoms with E-state index in [1.165, 1.54) is 0 Å². The van der Waals surface area contributed by atoms with Gasteiger partial charge in [0.25, 0.3) is 0 Å². The largest absolute Gasteiger partial charge is 0.495 e. The van der Waals surface area contributed by atoms with E-state index >= 15 is 0 Å². The molecule has 0 aliphatic rings. The Bertz CT molecular complexity index is 457. The molecule has 1 aromatic rings. The van der Waals surface area contributed by atoms with E-state index in [1.54, 1.807) is 32.2 Å². The first kappa shape index (κ1) is 12.9. The van der Waals surface area contributed by atoms with Crippen LogP contribution in [0, 0.1) is 11.8 Å². The Balaban J connectivity index is 2.66. The van der Waals surface area contributed by atoms with E-state index in [1.807, 2.05) is 0 Å². The predicted molar refractivity (Wildman–Crippen MR) is 65.5 cm³/mol. The molecule has 4 nitrogen and oxygen atoms in total. The van der Waals surface area contributed by atoms with Crippen LogP contribution in [0.2, 0.25) is 0 Å². The summed E-state index contributed by atoms with van der Waals surface area (Å²) in [4.78, 5) is 11.0. The summed E-state index contributed by atoms with van der Waals surface area (Å²) in [7, 11) is 1.55. The molecule has 0 fully saturated rings. The van der Waals surface area contributed by atoms with Gasteiger partial charge in [-0.1, -0.05) is 11.8 Å². The van der Waals surface area contributed by atoms with Gasteiger partial charge in [-0.05, 0) is 25.1 Å². The number of methoxy groups -OCH3 is 1. The normalized spacial score (nSPS) is 9.06. The molecule has 2 N–H and O–H groups in total. The minimum atomic E-state index is -0.318. The molecule has 17 heavy (non-hydrogen) atoms. The van der Waals surface area contributed by atoms with Gasteiger partial charge in [-0.3, -0.25) is 4.79 Å². The Morgan fingerprint density at radius 3 is 2.82 bits per heavy atom. The molecule has 4 heteroatoms. The topological polar surface area (TPSA) is 61.5 Å². The molecule has 90 valence electrons. The molecule has 0 bridgehead atoms. The Labute approximate surface area is 101 Å². The van der Waals surface area contributed by atoms with Crippen LogP contribution in [0.15, 0.2) is 18.2 Å². The zero-order chi connectivity index (χ0) is 12.7. The van der Waals surface area contributed by atoms with Crippen molar-refractivity contribution >= 4 is 11.7 Å². The fourth-order valence-electron chi connectivity index (χ4n) is 1.24. The van der Waals surface area contributed by atoms with Crippen molar-refractivity contribution in [3.8, 4) is 17.6 Å². The lowest BCUT2D eigenvalue weighted by atomic mass is 10.2. The molecule has 0 spiro atoms. The first-order valence-corrected chi connectivity index (χ1v) is 5.25. The van der Waals surface area contributed by atoms with E-state index < -0.39 is 0 Å². The second kappa shape index (κ2) is 6.44. The van der Waals surface area contributed by atoms with Gasteiger partial charge in [0.2, 0.25) is 0 Å².